The molecule has 2 rings (SSSR count). The van der Waals surface area contributed by atoms with Crippen molar-refractivity contribution >= 4 is 27.5 Å². The van der Waals surface area contributed by atoms with E-state index in [-0.39, 0.29) is 16.4 Å². The van der Waals surface area contributed by atoms with Crippen molar-refractivity contribution in [3.63, 3.8) is 0 Å². The summed E-state index contributed by atoms with van der Waals surface area (Å²) < 4.78 is 26.8. The van der Waals surface area contributed by atoms with E-state index in [0.717, 1.165) is 17.8 Å². The number of anilines is 2. The Morgan fingerprint density at radius 1 is 1.43 bits per heavy atom. The van der Waals surface area contributed by atoms with Gasteiger partial charge in [-0.3, -0.25) is 9.82 Å². The number of benzene rings is 1. The fraction of sp³-hybridized carbons (Fsp3) is 0.167. The van der Waals surface area contributed by atoms with Gasteiger partial charge in [0, 0.05) is 17.4 Å². The van der Waals surface area contributed by atoms with Gasteiger partial charge in [-0.2, -0.15) is 5.10 Å². The van der Waals surface area contributed by atoms with Gasteiger partial charge in [0.1, 0.15) is 4.90 Å². The molecule has 0 fully saturated rings. The van der Waals surface area contributed by atoms with E-state index in [0.29, 0.717) is 6.42 Å². The van der Waals surface area contributed by atoms with Crippen LogP contribution >= 0.6 is 0 Å². The lowest BCUT2D eigenvalue weighted by molar-refractivity contribution is 0.0692. The van der Waals surface area contributed by atoms with Crippen LogP contribution in [0, 0.1) is 0 Å². The number of aryl methyl sites for hydroxylation is 1. The van der Waals surface area contributed by atoms with Gasteiger partial charge in [-0.25, -0.2) is 13.2 Å². The number of nitrogens with one attached hydrogen (secondary N) is 2. The summed E-state index contributed by atoms with van der Waals surface area (Å²) in [5.41, 5.74) is 6.01. The summed E-state index contributed by atoms with van der Waals surface area (Å²) in [7, 11) is -4.07. The summed E-state index contributed by atoms with van der Waals surface area (Å²) in [5.74, 6) is -1.28. The molecule has 0 unspecified atom stereocenters. The Hall–Kier alpha value is -2.55. The SMILES string of the molecule is CCc1cc(NS(=O)(=O)c2ccc(N)cc2C(=O)O)n[nH]1. The van der Waals surface area contributed by atoms with Crippen LogP contribution in [0.5, 0.6) is 0 Å². The standard InChI is InChI=1S/C12H14N4O4S/c1-2-8-6-11(15-14-8)16-21(19,20)10-4-3-7(13)5-9(10)12(17)18/h3-6H,2,13H2,1H3,(H,17,18)(H2,14,15,16). The van der Waals surface area contributed by atoms with Gasteiger partial charge >= 0.3 is 5.97 Å². The van der Waals surface area contributed by atoms with E-state index in [2.05, 4.69) is 14.9 Å². The number of carboxylic acids is 1. The fourth-order valence-corrected chi connectivity index (χ4v) is 2.91. The maximum Gasteiger partial charge on any atom is 0.337 e. The molecule has 9 heteroatoms. The first-order valence-corrected chi connectivity index (χ1v) is 7.51. The van der Waals surface area contributed by atoms with Crippen molar-refractivity contribution in [2.75, 3.05) is 10.5 Å². The highest BCUT2D eigenvalue weighted by atomic mass is 32.2. The molecule has 1 aromatic heterocycles. The van der Waals surface area contributed by atoms with Crippen molar-refractivity contribution in [1.82, 2.24) is 10.2 Å². The van der Waals surface area contributed by atoms with Crippen molar-refractivity contribution < 1.29 is 18.3 Å². The van der Waals surface area contributed by atoms with Gasteiger partial charge in [0.15, 0.2) is 5.82 Å². The minimum Gasteiger partial charge on any atom is -0.478 e. The second kappa shape index (κ2) is 5.44. The predicted octanol–water partition coefficient (Wildman–Crippen LogP) is 1.05. The number of sulfonamides is 1. The molecule has 0 saturated carbocycles. The number of nitrogens with zero attached hydrogens (tertiary/aromatic N) is 1. The number of H-pyrrole nitrogens is 1. The second-order valence-electron chi connectivity index (χ2n) is 4.30. The molecule has 0 bridgehead atoms. The predicted molar refractivity (Wildman–Crippen MR) is 76.6 cm³/mol. The van der Waals surface area contributed by atoms with Crippen LogP contribution in [0.25, 0.3) is 0 Å². The van der Waals surface area contributed by atoms with Gasteiger partial charge < -0.3 is 10.8 Å². The Morgan fingerprint density at radius 2 is 2.14 bits per heavy atom. The summed E-state index contributed by atoms with van der Waals surface area (Å²) in [5, 5.41) is 15.6. The Balaban J connectivity index is 2.42. The van der Waals surface area contributed by atoms with Gasteiger partial charge in [0.2, 0.25) is 0 Å². The molecule has 0 radical (unpaired) electrons. The number of aromatic nitrogens is 2. The first-order valence-electron chi connectivity index (χ1n) is 6.03. The third-order valence-corrected chi connectivity index (χ3v) is 4.19. The molecule has 0 spiro atoms. The second-order valence-corrected chi connectivity index (χ2v) is 5.95. The number of nitrogens with two attached hydrogens (primary N) is 1. The summed E-state index contributed by atoms with van der Waals surface area (Å²) in [6.07, 6.45) is 0.664. The van der Waals surface area contributed by atoms with Crippen LogP contribution in [0.4, 0.5) is 11.5 Å². The van der Waals surface area contributed by atoms with Gasteiger partial charge in [0.25, 0.3) is 10.0 Å². The molecular weight excluding hydrogens is 296 g/mol. The van der Waals surface area contributed by atoms with Crippen molar-refractivity contribution in [3.05, 3.63) is 35.5 Å². The lowest BCUT2D eigenvalue weighted by Crippen LogP contribution is -2.17. The van der Waals surface area contributed by atoms with Crippen LogP contribution in [0.1, 0.15) is 23.0 Å². The largest absolute Gasteiger partial charge is 0.478 e. The van der Waals surface area contributed by atoms with Crippen molar-refractivity contribution in [3.8, 4) is 0 Å². The smallest absolute Gasteiger partial charge is 0.337 e. The molecule has 8 nitrogen and oxygen atoms in total. The number of rotatable bonds is 5. The Morgan fingerprint density at radius 3 is 2.71 bits per heavy atom. The first kappa shape index (κ1) is 14.9. The third kappa shape index (κ3) is 3.14. The molecule has 0 aliphatic carbocycles. The summed E-state index contributed by atoms with van der Waals surface area (Å²) in [4.78, 5) is 10.8. The minimum absolute atomic E-state index is 0.0972. The number of aromatic amines is 1. The lowest BCUT2D eigenvalue weighted by Gasteiger charge is -2.09. The number of carbonyl (C=O) groups is 1. The molecule has 21 heavy (non-hydrogen) atoms. The first-order chi connectivity index (χ1) is 9.83. The maximum atomic E-state index is 12.3. The molecule has 5 N–H and O–H groups in total. The fourth-order valence-electron chi connectivity index (χ4n) is 1.74. The summed E-state index contributed by atoms with van der Waals surface area (Å²) in [6, 6.07) is 5.10. The van der Waals surface area contributed by atoms with Gasteiger partial charge in [0.05, 0.1) is 5.56 Å². The van der Waals surface area contributed by atoms with E-state index in [9.17, 15) is 13.2 Å². The van der Waals surface area contributed by atoms with Crippen molar-refractivity contribution in [1.29, 1.82) is 0 Å². The van der Waals surface area contributed by atoms with Crippen LogP contribution in [-0.2, 0) is 16.4 Å². The molecule has 1 heterocycles. The molecule has 2 aromatic rings. The topological polar surface area (TPSA) is 138 Å². The highest BCUT2D eigenvalue weighted by molar-refractivity contribution is 7.92. The molecular formula is C12H14N4O4S. The van der Waals surface area contributed by atoms with Crippen molar-refractivity contribution in [2.45, 2.75) is 18.2 Å². The minimum atomic E-state index is -4.07. The van der Waals surface area contributed by atoms with Crippen LogP contribution in [0.2, 0.25) is 0 Å². The van der Waals surface area contributed by atoms with E-state index < -0.39 is 21.6 Å². The van der Waals surface area contributed by atoms with Crippen LogP contribution in [-0.4, -0.2) is 29.7 Å². The Bertz CT molecular complexity index is 782. The van der Waals surface area contributed by atoms with Gasteiger partial charge in [-0.05, 0) is 24.6 Å². The highest BCUT2D eigenvalue weighted by Crippen LogP contribution is 2.21. The lowest BCUT2D eigenvalue weighted by atomic mass is 10.2. The van der Waals surface area contributed by atoms with Crippen LogP contribution in [0.3, 0.4) is 0 Å². The molecule has 0 aliphatic rings. The number of nitrogen functional groups attached to an aromatic ring is 1. The molecule has 0 amide bonds. The monoisotopic (exact) mass is 310 g/mol. The average Bonchev–Trinajstić information content (AvgIpc) is 2.85. The van der Waals surface area contributed by atoms with E-state index in [1.165, 1.54) is 12.1 Å². The Labute approximate surface area is 121 Å². The van der Waals surface area contributed by atoms with Gasteiger partial charge in [-0.15, -0.1) is 0 Å². The summed E-state index contributed by atoms with van der Waals surface area (Å²) in [6.45, 7) is 1.88. The van der Waals surface area contributed by atoms with Crippen LogP contribution < -0.4 is 10.5 Å². The van der Waals surface area contributed by atoms with E-state index >= 15 is 0 Å². The normalized spacial score (nSPS) is 11.3. The average molecular weight is 310 g/mol. The van der Waals surface area contributed by atoms with Crippen molar-refractivity contribution in [2.24, 2.45) is 0 Å². The zero-order valence-electron chi connectivity index (χ0n) is 11.1. The zero-order valence-corrected chi connectivity index (χ0v) is 11.9. The van der Waals surface area contributed by atoms with E-state index in [1.807, 2.05) is 6.92 Å². The molecule has 0 aliphatic heterocycles. The quantitative estimate of drug-likeness (QED) is 0.609. The molecule has 0 saturated heterocycles. The van der Waals surface area contributed by atoms with Crippen LogP contribution in [0.15, 0.2) is 29.2 Å². The summed E-state index contributed by atoms with van der Waals surface area (Å²) >= 11 is 0. The number of aromatic carboxylic acids is 1. The van der Waals surface area contributed by atoms with E-state index in [4.69, 9.17) is 10.8 Å². The van der Waals surface area contributed by atoms with Gasteiger partial charge in [-0.1, -0.05) is 6.92 Å². The number of hydrogen-bond acceptors (Lipinski definition) is 5. The Kier molecular flexibility index (Phi) is 3.85. The highest BCUT2D eigenvalue weighted by Gasteiger charge is 2.23. The number of hydrogen-bond donors (Lipinski definition) is 4. The number of carboxylic acid groups (broad SMARTS) is 1. The zero-order chi connectivity index (χ0) is 15.6. The van der Waals surface area contributed by atoms with E-state index in [1.54, 1.807) is 0 Å². The molecule has 0 atom stereocenters. The maximum absolute atomic E-state index is 12.3. The molecule has 112 valence electrons. The molecule has 1 aromatic carbocycles. The third-order valence-electron chi connectivity index (χ3n) is 2.77.